The van der Waals surface area contributed by atoms with Gasteiger partial charge in [-0.2, -0.15) is 5.26 Å². The highest BCUT2D eigenvalue weighted by atomic mass is 16.1. The molecule has 6 heteroatoms. The molecule has 1 aliphatic rings. The zero-order valence-electron chi connectivity index (χ0n) is 11.3. The molecule has 1 aromatic heterocycles. The van der Waals surface area contributed by atoms with Gasteiger partial charge in [-0.1, -0.05) is 6.92 Å². The molecule has 1 fully saturated rings. The van der Waals surface area contributed by atoms with Crippen molar-refractivity contribution in [3.8, 4) is 6.07 Å². The van der Waals surface area contributed by atoms with Crippen molar-refractivity contribution < 1.29 is 0 Å². The van der Waals surface area contributed by atoms with E-state index < -0.39 is 0 Å². The van der Waals surface area contributed by atoms with E-state index in [2.05, 4.69) is 18.0 Å². The van der Waals surface area contributed by atoms with Crippen LogP contribution in [0, 0.1) is 22.8 Å². The molecule has 1 aliphatic heterocycles. The summed E-state index contributed by atoms with van der Waals surface area (Å²) in [6, 6.07) is 4.30. The molecule has 0 unspecified atom stereocenters. The highest BCUT2D eigenvalue weighted by molar-refractivity contribution is 5.35. The van der Waals surface area contributed by atoms with Crippen LogP contribution in [0.2, 0.25) is 0 Å². The highest BCUT2D eigenvalue weighted by Crippen LogP contribution is 2.30. The van der Waals surface area contributed by atoms with Crippen molar-refractivity contribution in [2.45, 2.75) is 19.8 Å². The SMILES string of the molecule is Cn1c(N2CCC(C)(CN)CC2)nc(C#N)[c]c1=O. The molecule has 0 aliphatic carbocycles. The van der Waals surface area contributed by atoms with Gasteiger partial charge >= 0.3 is 0 Å². The second kappa shape index (κ2) is 5.02. The molecule has 0 aromatic carbocycles. The van der Waals surface area contributed by atoms with E-state index in [1.807, 2.05) is 11.0 Å². The lowest BCUT2D eigenvalue weighted by Crippen LogP contribution is -2.44. The Balaban J connectivity index is 2.27. The molecule has 0 saturated carbocycles. The topological polar surface area (TPSA) is 87.9 Å². The van der Waals surface area contributed by atoms with E-state index in [9.17, 15) is 4.79 Å². The molecule has 2 N–H and O–H groups in total. The Bertz CT molecular complexity index is 563. The predicted molar refractivity (Wildman–Crippen MR) is 71.6 cm³/mol. The molecular weight excluding hydrogens is 242 g/mol. The molecule has 2 heterocycles. The molecule has 2 rings (SSSR count). The Kier molecular flexibility index (Phi) is 3.58. The van der Waals surface area contributed by atoms with Crippen LogP contribution in [0.3, 0.4) is 0 Å². The van der Waals surface area contributed by atoms with Crippen LogP contribution in [0.15, 0.2) is 4.79 Å². The van der Waals surface area contributed by atoms with Gasteiger partial charge in [0.15, 0.2) is 5.69 Å². The Morgan fingerprint density at radius 2 is 2.16 bits per heavy atom. The van der Waals surface area contributed by atoms with Crippen molar-refractivity contribution in [1.82, 2.24) is 9.55 Å². The van der Waals surface area contributed by atoms with E-state index in [4.69, 9.17) is 11.0 Å². The summed E-state index contributed by atoms with van der Waals surface area (Å²) in [4.78, 5) is 17.9. The van der Waals surface area contributed by atoms with Crippen LogP contribution in [-0.4, -0.2) is 29.2 Å². The number of nitrogens with zero attached hydrogens (tertiary/aromatic N) is 4. The van der Waals surface area contributed by atoms with Gasteiger partial charge in [0, 0.05) is 20.1 Å². The maximum atomic E-state index is 11.7. The number of piperidine rings is 1. The third-order valence-electron chi connectivity index (χ3n) is 3.89. The number of rotatable bonds is 2. The van der Waals surface area contributed by atoms with Crippen LogP contribution >= 0.6 is 0 Å². The number of aromatic nitrogens is 2. The molecule has 1 aromatic rings. The molecular formula is C13H18N5O. The van der Waals surface area contributed by atoms with Gasteiger partial charge in [0.05, 0.1) is 6.07 Å². The third-order valence-corrected chi connectivity index (χ3v) is 3.89. The summed E-state index contributed by atoms with van der Waals surface area (Å²) < 4.78 is 1.44. The lowest BCUT2D eigenvalue weighted by atomic mass is 9.81. The molecule has 6 nitrogen and oxygen atoms in total. The molecule has 0 spiro atoms. The van der Waals surface area contributed by atoms with E-state index in [1.54, 1.807) is 7.05 Å². The van der Waals surface area contributed by atoms with Crippen molar-refractivity contribution in [2.75, 3.05) is 24.5 Å². The van der Waals surface area contributed by atoms with Crippen molar-refractivity contribution in [2.24, 2.45) is 18.2 Å². The monoisotopic (exact) mass is 260 g/mol. The van der Waals surface area contributed by atoms with Gasteiger partial charge in [-0.3, -0.25) is 9.36 Å². The summed E-state index contributed by atoms with van der Waals surface area (Å²) in [7, 11) is 1.65. The first-order valence-corrected chi connectivity index (χ1v) is 6.34. The van der Waals surface area contributed by atoms with Crippen molar-refractivity contribution in [1.29, 1.82) is 5.26 Å². The Hall–Kier alpha value is -1.87. The fraction of sp³-hybridized carbons (Fsp3) is 0.615. The Labute approximate surface area is 112 Å². The second-order valence-corrected chi connectivity index (χ2v) is 5.36. The van der Waals surface area contributed by atoms with Crippen LogP contribution in [0.1, 0.15) is 25.5 Å². The molecule has 0 amide bonds. The standard InChI is InChI=1S/C13H18N5O/c1-13(9-15)3-5-18(6-4-13)12-16-10(8-14)7-11(19)17(12)2/h3-6,9,15H2,1-2H3. The minimum absolute atomic E-state index is 0.0465. The number of nitrogens with two attached hydrogens (primary N) is 1. The quantitative estimate of drug-likeness (QED) is 0.809. The zero-order valence-corrected chi connectivity index (χ0v) is 11.3. The van der Waals surface area contributed by atoms with E-state index >= 15 is 0 Å². The first-order chi connectivity index (χ1) is 8.99. The fourth-order valence-electron chi connectivity index (χ4n) is 2.27. The summed E-state index contributed by atoms with van der Waals surface area (Å²) in [6.07, 6.45) is 1.92. The average molecular weight is 260 g/mol. The van der Waals surface area contributed by atoms with E-state index in [-0.39, 0.29) is 16.7 Å². The second-order valence-electron chi connectivity index (χ2n) is 5.36. The largest absolute Gasteiger partial charge is 0.342 e. The van der Waals surface area contributed by atoms with Gasteiger partial charge in [-0.15, -0.1) is 0 Å². The maximum absolute atomic E-state index is 11.7. The summed E-state index contributed by atoms with van der Waals surface area (Å²) >= 11 is 0. The van der Waals surface area contributed by atoms with Gasteiger partial charge in [0.1, 0.15) is 6.07 Å². The summed E-state index contributed by atoms with van der Waals surface area (Å²) in [6.45, 7) is 4.43. The third kappa shape index (κ3) is 2.61. The number of anilines is 1. The number of hydrogen-bond acceptors (Lipinski definition) is 5. The lowest BCUT2D eigenvalue weighted by molar-refractivity contribution is 0.256. The van der Waals surface area contributed by atoms with Crippen molar-refractivity contribution in [3.63, 3.8) is 0 Å². The number of hydrogen-bond donors (Lipinski definition) is 1. The van der Waals surface area contributed by atoms with E-state index in [1.165, 1.54) is 4.57 Å². The maximum Gasteiger partial charge on any atom is 0.264 e. The van der Waals surface area contributed by atoms with Crippen molar-refractivity contribution in [3.05, 3.63) is 22.1 Å². The van der Waals surface area contributed by atoms with Crippen LogP contribution in [0.5, 0.6) is 0 Å². The van der Waals surface area contributed by atoms with Gasteiger partial charge in [-0.05, 0) is 24.8 Å². The van der Waals surface area contributed by atoms with E-state index in [0.717, 1.165) is 25.9 Å². The van der Waals surface area contributed by atoms with Gasteiger partial charge in [0.2, 0.25) is 5.95 Å². The van der Waals surface area contributed by atoms with Crippen LogP contribution in [-0.2, 0) is 7.05 Å². The van der Waals surface area contributed by atoms with Gasteiger partial charge in [-0.25, -0.2) is 4.98 Å². The minimum atomic E-state index is -0.325. The van der Waals surface area contributed by atoms with Gasteiger partial charge < -0.3 is 10.6 Å². The summed E-state index contributed by atoms with van der Waals surface area (Å²) in [5.41, 5.74) is 5.67. The smallest absolute Gasteiger partial charge is 0.264 e. The Morgan fingerprint density at radius 1 is 1.53 bits per heavy atom. The molecule has 1 saturated heterocycles. The van der Waals surface area contributed by atoms with E-state index in [0.29, 0.717) is 12.5 Å². The molecule has 0 bridgehead atoms. The zero-order chi connectivity index (χ0) is 14.0. The van der Waals surface area contributed by atoms with Crippen molar-refractivity contribution >= 4 is 5.95 Å². The van der Waals surface area contributed by atoms with Crippen LogP contribution in [0.25, 0.3) is 0 Å². The molecule has 101 valence electrons. The van der Waals surface area contributed by atoms with Crippen LogP contribution < -0.4 is 16.2 Å². The predicted octanol–water partition coefficient (Wildman–Crippen LogP) is 0.0174. The first kappa shape index (κ1) is 13.6. The molecule has 0 atom stereocenters. The summed E-state index contributed by atoms with van der Waals surface area (Å²) in [5.74, 6) is 0.541. The minimum Gasteiger partial charge on any atom is -0.342 e. The Morgan fingerprint density at radius 3 is 2.68 bits per heavy atom. The summed E-state index contributed by atoms with van der Waals surface area (Å²) in [5, 5.41) is 8.87. The first-order valence-electron chi connectivity index (χ1n) is 6.34. The molecule has 1 radical (unpaired) electrons. The highest BCUT2D eigenvalue weighted by Gasteiger charge is 2.30. The van der Waals surface area contributed by atoms with Crippen LogP contribution in [0.4, 0.5) is 5.95 Å². The molecule has 19 heavy (non-hydrogen) atoms. The lowest BCUT2D eigenvalue weighted by Gasteiger charge is -2.39. The fourth-order valence-corrected chi connectivity index (χ4v) is 2.27. The average Bonchev–Trinajstić information content (AvgIpc) is 2.43. The van der Waals surface area contributed by atoms with Gasteiger partial charge in [0.25, 0.3) is 5.56 Å². The number of nitriles is 1. The normalized spacial score (nSPS) is 18.1.